The number of carbonyl (C=O) groups excluding carboxylic acids is 1. The van der Waals surface area contributed by atoms with Gasteiger partial charge >= 0.3 is 0 Å². The third-order valence-corrected chi connectivity index (χ3v) is 10.6. The van der Waals surface area contributed by atoms with Crippen LogP contribution in [0.15, 0.2) is 81.4 Å². The van der Waals surface area contributed by atoms with E-state index in [4.69, 9.17) is 4.74 Å². The lowest BCUT2D eigenvalue weighted by Gasteiger charge is -2.24. The molecule has 13 heteroatoms. The van der Waals surface area contributed by atoms with Crippen molar-refractivity contribution < 1.29 is 30.8 Å². The fourth-order valence-corrected chi connectivity index (χ4v) is 7.53. The minimum atomic E-state index is -4.28. The van der Waals surface area contributed by atoms with Gasteiger partial charge in [0.1, 0.15) is 18.1 Å². The minimum absolute atomic E-state index is 0.0241. The normalized spacial score (nSPS) is 14.2. The van der Waals surface area contributed by atoms with Crippen LogP contribution in [0.5, 0.6) is 5.75 Å². The molecule has 0 atom stereocenters. The van der Waals surface area contributed by atoms with Gasteiger partial charge in [0.05, 0.1) is 28.3 Å². The molecule has 1 aliphatic rings. The highest BCUT2D eigenvalue weighted by Crippen LogP contribution is 2.31. The van der Waals surface area contributed by atoms with Crippen LogP contribution in [-0.2, 0) is 24.8 Å². The van der Waals surface area contributed by atoms with E-state index in [0.29, 0.717) is 13.1 Å². The standard InChI is InChI=1S/C26H28FN3O6S3/c1-36-25-13-12-23(38(32,33)29-14-3-4-15-29)17-24(25)28-26(31)18-30(20-7-5-6-19(27)16-20)39(34,35)22-10-8-21(37-2)9-11-22/h5-13,16-17H,3-4,14-15,18H2,1-2H3,(H,28,31). The second-order valence-corrected chi connectivity index (χ2v) is 13.4. The predicted molar refractivity (Wildman–Crippen MR) is 149 cm³/mol. The first-order chi connectivity index (χ1) is 18.6. The molecule has 4 rings (SSSR count). The first kappa shape index (κ1) is 28.9. The lowest BCUT2D eigenvalue weighted by Crippen LogP contribution is -2.38. The summed E-state index contributed by atoms with van der Waals surface area (Å²) in [6.45, 7) is 0.116. The van der Waals surface area contributed by atoms with Gasteiger partial charge in [-0.3, -0.25) is 9.10 Å². The number of nitrogens with one attached hydrogen (secondary N) is 1. The zero-order valence-corrected chi connectivity index (χ0v) is 23.8. The van der Waals surface area contributed by atoms with Crippen LogP contribution in [0.3, 0.4) is 0 Å². The second-order valence-electron chi connectivity index (χ2n) is 8.69. The molecule has 3 aromatic rings. The summed E-state index contributed by atoms with van der Waals surface area (Å²) in [7, 11) is -6.70. The molecule has 0 aromatic heterocycles. The fourth-order valence-electron chi connectivity index (χ4n) is 4.16. The molecule has 0 radical (unpaired) electrons. The van der Waals surface area contributed by atoms with E-state index in [-0.39, 0.29) is 26.9 Å². The maximum Gasteiger partial charge on any atom is 0.264 e. The zero-order valence-electron chi connectivity index (χ0n) is 21.3. The average Bonchev–Trinajstić information content (AvgIpc) is 3.48. The Morgan fingerprint density at radius 2 is 1.67 bits per heavy atom. The molecule has 1 amide bonds. The third kappa shape index (κ3) is 6.38. The van der Waals surface area contributed by atoms with Crippen molar-refractivity contribution in [2.75, 3.05) is 42.6 Å². The molecule has 0 unspecified atom stereocenters. The Bertz CT molecular complexity index is 1560. The molecule has 208 valence electrons. The number of hydrogen-bond donors (Lipinski definition) is 1. The number of ether oxygens (including phenoxy) is 1. The number of methoxy groups -OCH3 is 1. The van der Waals surface area contributed by atoms with Gasteiger partial charge in [0, 0.05) is 18.0 Å². The SMILES string of the molecule is COc1ccc(S(=O)(=O)N2CCCC2)cc1NC(=O)CN(c1cccc(F)c1)S(=O)(=O)c1ccc(SC)cc1. The van der Waals surface area contributed by atoms with Crippen LogP contribution in [0.25, 0.3) is 0 Å². The van der Waals surface area contributed by atoms with Crippen LogP contribution < -0.4 is 14.4 Å². The maximum atomic E-state index is 14.1. The molecule has 0 saturated carbocycles. The van der Waals surface area contributed by atoms with Crippen molar-refractivity contribution in [1.29, 1.82) is 0 Å². The van der Waals surface area contributed by atoms with Gasteiger partial charge in [0.25, 0.3) is 10.0 Å². The third-order valence-electron chi connectivity index (χ3n) is 6.18. The smallest absolute Gasteiger partial charge is 0.264 e. The van der Waals surface area contributed by atoms with Crippen molar-refractivity contribution >= 4 is 49.1 Å². The number of hydrogen-bond acceptors (Lipinski definition) is 7. The zero-order chi connectivity index (χ0) is 28.2. The molecular weight excluding hydrogens is 566 g/mol. The van der Waals surface area contributed by atoms with E-state index < -0.39 is 38.3 Å². The van der Waals surface area contributed by atoms with Gasteiger partial charge in [0.2, 0.25) is 15.9 Å². The van der Waals surface area contributed by atoms with E-state index in [1.54, 1.807) is 12.1 Å². The fraction of sp³-hybridized carbons (Fsp3) is 0.269. The first-order valence-corrected chi connectivity index (χ1v) is 16.1. The van der Waals surface area contributed by atoms with E-state index in [0.717, 1.165) is 28.1 Å². The molecular formula is C26H28FN3O6S3. The highest BCUT2D eigenvalue weighted by atomic mass is 32.2. The molecule has 0 aliphatic carbocycles. The molecule has 1 aliphatic heterocycles. The maximum absolute atomic E-state index is 14.1. The minimum Gasteiger partial charge on any atom is -0.495 e. The summed E-state index contributed by atoms with van der Waals surface area (Å²) in [4.78, 5) is 14.0. The van der Waals surface area contributed by atoms with E-state index in [1.165, 1.54) is 71.7 Å². The Balaban J connectivity index is 1.66. The van der Waals surface area contributed by atoms with Gasteiger partial charge in [-0.2, -0.15) is 4.31 Å². The van der Waals surface area contributed by atoms with Crippen molar-refractivity contribution in [1.82, 2.24) is 4.31 Å². The Hall–Kier alpha value is -3.13. The van der Waals surface area contributed by atoms with Crippen LogP contribution >= 0.6 is 11.8 Å². The van der Waals surface area contributed by atoms with Gasteiger partial charge in [-0.1, -0.05) is 6.07 Å². The van der Waals surface area contributed by atoms with Gasteiger partial charge < -0.3 is 10.1 Å². The van der Waals surface area contributed by atoms with Crippen molar-refractivity contribution in [2.45, 2.75) is 27.5 Å². The second kappa shape index (κ2) is 11.9. The molecule has 0 spiro atoms. The molecule has 3 aromatic carbocycles. The highest BCUT2D eigenvalue weighted by Gasteiger charge is 2.30. The Morgan fingerprint density at radius 3 is 2.28 bits per heavy atom. The van der Waals surface area contributed by atoms with Gasteiger partial charge in [-0.15, -0.1) is 11.8 Å². The van der Waals surface area contributed by atoms with Crippen LogP contribution in [0, 0.1) is 5.82 Å². The summed E-state index contributed by atoms with van der Waals surface area (Å²) in [5.74, 6) is -1.26. The van der Waals surface area contributed by atoms with Crippen molar-refractivity contribution in [3.63, 3.8) is 0 Å². The van der Waals surface area contributed by atoms with Gasteiger partial charge in [-0.25, -0.2) is 21.2 Å². The summed E-state index contributed by atoms with van der Waals surface area (Å²) in [5, 5.41) is 2.57. The van der Waals surface area contributed by atoms with E-state index in [9.17, 15) is 26.0 Å². The number of benzene rings is 3. The van der Waals surface area contributed by atoms with E-state index in [1.807, 2.05) is 6.26 Å². The first-order valence-electron chi connectivity index (χ1n) is 12.0. The molecule has 1 saturated heterocycles. The summed E-state index contributed by atoms with van der Waals surface area (Å²) >= 11 is 1.44. The Morgan fingerprint density at radius 1 is 1.00 bits per heavy atom. The van der Waals surface area contributed by atoms with Crippen molar-refractivity contribution in [3.05, 3.63) is 72.5 Å². The van der Waals surface area contributed by atoms with Crippen LogP contribution in [0.4, 0.5) is 15.8 Å². The summed E-state index contributed by atoms with van der Waals surface area (Å²) < 4.78 is 74.8. The average molecular weight is 594 g/mol. The topological polar surface area (TPSA) is 113 Å². The van der Waals surface area contributed by atoms with Crippen molar-refractivity contribution in [2.24, 2.45) is 0 Å². The number of halogens is 1. The number of amides is 1. The van der Waals surface area contributed by atoms with E-state index in [2.05, 4.69) is 5.32 Å². The predicted octanol–water partition coefficient (Wildman–Crippen LogP) is 4.17. The summed E-state index contributed by atoms with van der Waals surface area (Å²) in [5.41, 5.74) is 0.0140. The number of anilines is 2. The quantitative estimate of drug-likeness (QED) is 0.351. The number of rotatable bonds is 10. The molecule has 1 fully saturated rings. The summed E-state index contributed by atoms with van der Waals surface area (Å²) in [6, 6.07) is 15.1. The number of sulfonamides is 2. The Labute approximate surface area is 232 Å². The monoisotopic (exact) mass is 593 g/mol. The molecule has 1 heterocycles. The van der Waals surface area contributed by atoms with Crippen LogP contribution in [0.2, 0.25) is 0 Å². The molecule has 39 heavy (non-hydrogen) atoms. The van der Waals surface area contributed by atoms with E-state index >= 15 is 0 Å². The van der Waals surface area contributed by atoms with Gasteiger partial charge in [0.15, 0.2) is 0 Å². The molecule has 0 bridgehead atoms. The number of thioether (sulfide) groups is 1. The summed E-state index contributed by atoms with van der Waals surface area (Å²) in [6.07, 6.45) is 3.39. The van der Waals surface area contributed by atoms with Crippen molar-refractivity contribution in [3.8, 4) is 5.75 Å². The molecule has 9 nitrogen and oxygen atoms in total. The lowest BCUT2D eigenvalue weighted by molar-refractivity contribution is -0.114. The number of nitrogens with zero attached hydrogens (tertiary/aromatic N) is 2. The van der Waals surface area contributed by atoms with Crippen LogP contribution in [0.1, 0.15) is 12.8 Å². The Kier molecular flexibility index (Phi) is 8.84. The molecule has 1 N–H and O–H groups in total. The lowest BCUT2D eigenvalue weighted by atomic mass is 10.3. The number of carbonyl (C=O) groups is 1. The van der Waals surface area contributed by atoms with Crippen LogP contribution in [-0.4, -0.2) is 60.0 Å². The van der Waals surface area contributed by atoms with Gasteiger partial charge in [-0.05, 0) is 79.8 Å². The largest absolute Gasteiger partial charge is 0.495 e. The highest BCUT2D eigenvalue weighted by molar-refractivity contribution is 7.98.